The van der Waals surface area contributed by atoms with Crippen LogP contribution in [0.3, 0.4) is 0 Å². The van der Waals surface area contributed by atoms with Crippen molar-refractivity contribution in [3.63, 3.8) is 0 Å². The monoisotopic (exact) mass is 259 g/mol. The van der Waals surface area contributed by atoms with Gasteiger partial charge in [0.25, 0.3) is 0 Å². The van der Waals surface area contributed by atoms with Crippen LogP contribution in [0.5, 0.6) is 0 Å². The third-order valence-electron chi connectivity index (χ3n) is 2.03. The molecule has 0 bridgehead atoms. The summed E-state index contributed by atoms with van der Waals surface area (Å²) in [7, 11) is 0. The number of nitrogens with one attached hydrogen (secondary N) is 1. The van der Waals surface area contributed by atoms with Gasteiger partial charge in [-0.1, -0.05) is 0 Å². The molecule has 98 valence electrons. The predicted molar refractivity (Wildman–Crippen MR) is 61.7 cm³/mol. The van der Waals surface area contributed by atoms with E-state index in [1.165, 1.54) is 0 Å². The van der Waals surface area contributed by atoms with Crippen LogP contribution in [0.2, 0.25) is 0 Å². The zero-order valence-corrected chi connectivity index (χ0v) is 9.80. The number of aliphatic carboxylic acids is 1. The van der Waals surface area contributed by atoms with Gasteiger partial charge in [0, 0.05) is 17.7 Å². The lowest BCUT2D eigenvalue weighted by atomic mass is 10.1. The molecule has 1 aromatic carbocycles. The molecule has 0 heterocycles. The number of hydrogen-bond acceptors (Lipinski definition) is 2. The Balaban J connectivity index is 3.33. The second-order valence-electron chi connectivity index (χ2n) is 3.92. The van der Waals surface area contributed by atoms with Gasteiger partial charge < -0.3 is 10.4 Å². The second kappa shape index (κ2) is 5.57. The SMILES string of the molecule is CC(C)Nc1c(C=CC(=O)O)cc(F)c(F)c1F. The van der Waals surface area contributed by atoms with E-state index in [9.17, 15) is 18.0 Å². The Hall–Kier alpha value is -1.98. The molecule has 0 saturated carbocycles. The van der Waals surface area contributed by atoms with Crippen LogP contribution in [0.1, 0.15) is 19.4 Å². The minimum absolute atomic E-state index is 0.0671. The summed E-state index contributed by atoms with van der Waals surface area (Å²) in [5.41, 5.74) is -0.330. The Morgan fingerprint density at radius 2 is 1.94 bits per heavy atom. The number of rotatable bonds is 4. The van der Waals surface area contributed by atoms with E-state index in [0.717, 1.165) is 18.2 Å². The molecule has 0 saturated heterocycles. The zero-order valence-electron chi connectivity index (χ0n) is 9.80. The average Bonchev–Trinajstić information content (AvgIpc) is 2.27. The Morgan fingerprint density at radius 1 is 1.33 bits per heavy atom. The van der Waals surface area contributed by atoms with E-state index in [1.807, 2.05) is 0 Å². The molecule has 0 spiro atoms. The topological polar surface area (TPSA) is 49.3 Å². The molecule has 1 rings (SSSR count). The standard InChI is InChI=1S/C12H12F3NO2/c1-6(2)16-12-7(3-4-9(17)18)5-8(13)10(14)11(12)15/h3-6,16H,1-2H3,(H,17,18). The van der Waals surface area contributed by atoms with Crippen molar-refractivity contribution in [2.45, 2.75) is 19.9 Å². The molecule has 6 heteroatoms. The summed E-state index contributed by atoms with van der Waals surface area (Å²) in [5.74, 6) is -5.60. The predicted octanol–water partition coefficient (Wildman–Crippen LogP) is 3.02. The maximum absolute atomic E-state index is 13.5. The summed E-state index contributed by atoms with van der Waals surface area (Å²) in [5, 5.41) is 11.1. The summed E-state index contributed by atoms with van der Waals surface area (Å²) >= 11 is 0. The number of carboxylic acid groups (broad SMARTS) is 1. The van der Waals surface area contributed by atoms with Gasteiger partial charge in [-0.15, -0.1) is 0 Å². The van der Waals surface area contributed by atoms with Gasteiger partial charge in [-0.2, -0.15) is 0 Å². The summed E-state index contributed by atoms with van der Waals surface area (Å²) in [6, 6.07) is 0.518. The van der Waals surface area contributed by atoms with E-state index in [1.54, 1.807) is 13.8 Å². The van der Waals surface area contributed by atoms with E-state index >= 15 is 0 Å². The van der Waals surface area contributed by atoms with Crippen molar-refractivity contribution in [1.82, 2.24) is 0 Å². The number of anilines is 1. The van der Waals surface area contributed by atoms with Crippen molar-refractivity contribution in [1.29, 1.82) is 0 Å². The first kappa shape index (κ1) is 14.1. The van der Waals surface area contributed by atoms with Crippen LogP contribution in [0.15, 0.2) is 12.1 Å². The van der Waals surface area contributed by atoms with Gasteiger partial charge in [-0.3, -0.25) is 0 Å². The lowest BCUT2D eigenvalue weighted by Crippen LogP contribution is -2.13. The van der Waals surface area contributed by atoms with Crippen molar-refractivity contribution < 1.29 is 23.1 Å². The Kier molecular flexibility index (Phi) is 4.36. The van der Waals surface area contributed by atoms with Crippen LogP contribution in [-0.4, -0.2) is 17.1 Å². The van der Waals surface area contributed by atoms with Gasteiger partial charge in [0.15, 0.2) is 17.5 Å². The van der Waals surface area contributed by atoms with Gasteiger partial charge in [0.1, 0.15) is 0 Å². The number of benzene rings is 1. The average molecular weight is 259 g/mol. The fourth-order valence-corrected chi connectivity index (χ4v) is 1.34. The van der Waals surface area contributed by atoms with E-state index < -0.39 is 23.4 Å². The van der Waals surface area contributed by atoms with Gasteiger partial charge in [0.2, 0.25) is 0 Å². The molecule has 18 heavy (non-hydrogen) atoms. The largest absolute Gasteiger partial charge is 0.478 e. The highest BCUT2D eigenvalue weighted by molar-refractivity contribution is 5.87. The molecule has 0 radical (unpaired) electrons. The van der Waals surface area contributed by atoms with Gasteiger partial charge in [-0.25, -0.2) is 18.0 Å². The Morgan fingerprint density at radius 3 is 2.44 bits per heavy atom. The highest BCUT2D eigenvalue weighted by atomic mass is 19.2. The molecule has 0 aromatic heterocycles. The number of carbonyl (C=O) groups is 1. The van der Waals surface area contributed by atoms with Crippen LogP contribution in [0, 0.1) is 17.5 Å². The molecular weight excluding hydrogens is 247 g/mol. The first-order valence-corrected chi connectivity index (χ1v) is 5.18. The van der Waals surface area contributed by atoms with E-state index in [4.69, 9.17) is 5.11 Å². The molecule has 0 unspecified atom stereocenters. The second-order valence-corrected chi connectivity index (χ2v) is 3.92. The lowest BCUT2D eigenvalue weighted by molar-refractivity contribution is -0.131. The van der Waals surface area contributed by atoms with Crippen molar-refractivity contribution in [3.8, 4) is 0 Å². The zero-order chi connectivity index (χ0) is 13.9. The van der Waals surface area contributed by atoms with Gasteiger partial charge >= 0.3 is 5.97 Å². The Labute approximate surface area is 102 Å². The lowest BCUT2D eigenvalue weighted by Gasteiger charge is -2.14. The molecule has 0 aliphatic heterocycles. The van der Waals surface area contributed by atoms with Crippen molar-refractivity contribution >= 4 is 17.7 Å². The summed E-state index contributed by atoms with van der Waals surface area (Å²) in [6.07, 6.45) is 1.72. The molecule has 2 N–H and O–H groups in total. The van der Waals surface area contributed by atoms with Gasteiger partial charge in [0.05, 0.1) is 5.69 Å². The van der Waals surface area contributed by atoms with E-state index in [0.29, 0.717) is 0 Å². The quantitative estimate of drug-likeness (QED) is 0.645. The molecule has 0 amide bonds. The van der Waals surface area contributed by atoms with Crippen LogP contribution in [0.4, 0.5) is 18.9 Å². The smallest absolute Gasteiger partial charge is 0.328 e. The summed E-state index contributed by atoms with van der Waals surface area (Å²) < 4.78 is 39.7. The fraction of sp³-hybridized carbons (Fsp3) is 0.250. The highest BCUT2D eigenvalue weighted by Crippen LogP contribution is 2.26. The fourth-order valence-electron chi connectivity index (χ4n) is 1.34. The van der Waals surface area contributed by atoms with E-state index in [-0.39, 0.29) is 17.3 Å². The number of hydrogen-bond donors (Lipinski definition) is 2. The molecule has 0 aliphatic rings. The summed E-state index contributed by atoms with van der Waals surface area (Å²) in [4.78, 5) is 10.4. The molecule has 0 atom stereocenters. The molecule has 0 fully saturated rings. The molecule has 0 aliphatic carbocycles. The molecule has 3 nitrogen and oxygen atoms in total. The third-order valence-corrected chi connectivity index (χ3v) is 2.03. The number of carboxylic acids is 1. The van der Waals surface area contributed by atoms with Crippen LogP contribution < -0.4 is 5.32 Å². The highest BCUT2D eigenvalue weighted by Gasteiger charge is 2.18. The van der Waals surface area contributed by atoms with Crippen LogP contribution in [0.25, 0.3) is 6.08 Å². The molecule has 1 aromatic rings. The normalized spacial score (nSPS) is 11.2. The maximum atomic E-state index is 13.5. The molecular formula is C12H12F3NO2. The van der Waals surface area contributed by atoms with Crippen molar-refractivity contribution in [3.05, 3.63) is 35.2 Å². The van der Waals surface area contributed by atoms with Crippen LogP contribution >= 0.6 is 0 Å². The van der Waals surface area contributed by atoms with Gasteiger partial charge in [-0.05, 0) is 26.0 Å². The third kappa shape index (κ3) is 3.26. The number of halogens is 3. The minimum Gasteiger partial charge on any atom is -0.478 e. The van der Waals surface area contributed by atoms with E-state index in [2.05, 4.69) is 5.32 Å². The van der Waals surface area contributed by atoms with Crippen LogP contribution in [-0.2, 0) is 4.79 Å². The summed E-state index contributed by atoms with van der Waals surface area (Å²) in [6.45, 7) is 3.37. The van der Waals surface area contributed by atoms with Crippen molar-refractivity contribution in [2.24, 2.45) is 0 Å². The first-order chi connectivity index (χ1) is 8.32. The van der Waals surface area contributed by atoms with Crippen molar-refractivity contribution in [2.75, 3.05) is 5.32 Å². The minimum atomic E-state index is -1.59. The first-order valence-electron chi connectivity index (χ1n) is 5.18. The maximum Gasteiger partial charge on any atom is 0.328 e. The Bertz CT molecular complexity index is 499.